The molecule has 0 unspecified atom stereocenters. The fourth-order valence-electron chi connectivity index (χ4n) is 9.57. The summed E-state index contributed by atoms with van der Waals surface area (Å²) in [4.78, 5) is 2.40. The SMILES string of the molecule is c1ccc(-c2cc(-c3ccccc3)cc(-c3ccc(N(c4ccc(-c5ccc6oc7ccccc7c6c5)cc4)c4ccccc4-c4cccc(-c5cccc6ccccc56)c4)cc3)c2)cc1. The number of hydrogen-bond donors (Lipinski definition) is 0. The van der Waals surface area contributed by atoms with E-state index in [1.54, 1.807) is 0 Å². The highest BCUT2D eigenvalue weighted by Crippen LogP contribution is 2.44. The highest BCUT2D eigenvalue weighted by atomic mass is 16.3. The van der Waals surface area contributed by atoms with Crippen molar-refractivity contribution >= 4 is 49.8 Å². The third kappa shape index (κ3) is 7.31. The Morgan fingerprint density at radius 2 is 0.682 bits per heavy atom. The highest BCUT2D eigenvalue weighted by Gasteiger charge is 2.19. The van der Waals surface area contributed by atoms with Crippen LogP contribution < -0.4 is 4.90 Å². The van der Waals surface area contributed by atoms with E-state index in [2.05, 4.69) is 254 Å². The molecule has 310 valence electrons. The van der Waals surface area contributed by atoms with Gasteiger partial charge in [0.05, 0.1) is 5.69 Å². The highest BCUT2D eigenvalue weighted by molar-refractivity contribution is 6.06. The van der Waals surface area contributed by atoms with Crippen molar-refractivity contribution in [2.45, 2.75) is 0 Å². The van der Waals surface area contributed by atoms with Gasteiger partial charge in [-0.25, -0.2) is 0 Å². The largest absolute Gasteiger partial charge is 0.456 e. The van der Waals surface area contributed by atoms with Gasteiger partial charge in [0.25, 0.3) is 0 Å². The summed E-state index contributed by atoms with van der Waals surface area (Å²) in [5.41, 5.74) is 19.1. The lowest BCUT2D eigenvalue weighted by Crippen LogP contribution is -2.11. The summed E-state index contributed by atoms with van der Waals surface area (Å²) in [6.07, 6.45) is 0. The van der Waals surface area contributed by atoms with Gasteiger partial charge in [-0.05, 0) is 145 Å². The summed E-state index contributed by atoms with van der Waals surface area (Å²) < 4.78 is 6.17. The van der Waals surface area contributed by atoms with Gasteiger partial charge in [0.2, 0.25) is 0 Å². The van der Waals surface area contributed by atoms with Gasteiger partial charge in [-0.3, -0.25) is 0 Å². The van der Waals surface area contributed by atoms with Gasteiger partial charge in [0.1, 0.15) is 11.2 Å². The van der Waals surface area contributed by atoms with Crippen molar-refractivity contribution in [3.63, 3.8) is 0 Å². The summed E-state index contributed by atoms with van der Waals surface area (Å²) in [5, 5.41) is 4.74. The minimum atomic E-state index is 0.899. The third-order valence-electron chi connectivity index (χ3n) is 12.9. The quantitative estimate of drug-likeness (QED) is 0.144. The molecule has 0 aliphatic rings. The number of benzene rings is 11. The van der Waals surface area contributed by atoms with Gasteiger partial charge < -0.3 is 9.32 Å². The van der Waals surface area contributed by atoms with E-state index in [0.29, 0.717) is 0 Å². The van der Waals surface area contributed by atoms with E-state index in [1.165, 1.54) is 49.7 Å². The molecule has 1 heterocycles. The average molecular weight is 842 g/mol. The zero-order chi connectivity index (χ0) is 43.8. The van der Waals surface area contributed by atoms with Crippen LogP contribution in [0, 0.1) is 0 Å². The monoisotopic (exact) mass is 841 g/mol. The Bertz CT molecular complexity index is 3620. The van der Waals surface area contributed by atoms with Crippen LogP contribution in [0.25, 0.3) is 99.5 Å². The molecular formula is C64H43NO. The van der Waals surface area contributed by atoms with Crippen molar-refractivity contribution in [1.29, 1.82) is 0 Å². The summed E-state index contributed by atoms with van der Waals surface area (Å²) in [7, 11) is 0. The molecule has 0 amide bonds. The van der Waals surface area contributed by atoms with E-state index in [0.717, 1.165) is 66.8 Å². The van der Waals surface area contributed by atoms with Gasteiger partial charge in [-0.15, -0.1) is 0 Å². The Hall–Kier alpha value is -8.72. The van der Waals surface area contributed by atoms with Crippen LogP contribution in [0.3, 0.4) is 0 Å². The molecule has 0 aliphatic heterocycles. The smallest absolute Gasteiger partial charge is 0.135 e. The second kappa shape index (κ2) is 16.8. The van der Waals surface area contributed by atoms with Crippen LogP contribution in [0.5, 0.6) is 0 Å². The molecule has 0 radical (unpaired) electrons. The maximum Gasteiger partial charge on any atom is 0.135 e. The van der Waals surface area contributed by atoms with Crippen molar-refractivity contribution in [1.82, 2.24) is 0 Å². The van der Waals surface area contributed by atoms with Crippen LogP contribution in [0.15, 0.2) is 265 Å². The second-order valence-corrected chi connectivity index (χ2v) is 16.9. The minimum Gasteiger partial charge on any atom is -0.456 e. The Labute approximate surface area is 384 Å². The maximum absolute atomic E-state index is 6.17. The normalized spacial score (nSPS) is 11.3. The molecule has 11 aromatic carbocycles. The first kappa shape index (κ1) is 38.9. The summed E-state index contributed by atoms with van der Waals surface area (Å²) in [6, 6.07) is 94.0. The first-order valence-electron chi connectivity index (χ1n) is 22.6. The van der Waals surface area contributed by atoms with E-state index in [1.807, 2.05) is 12.1 Å². The molecule has 0 aliphatic carbocycles. The van der Waals surface area contributed by atoms with Gasteiger partial charge in [0.15, 0.2) is 0 Å². The molecule has 0 saturated carbocycles. The molecule has 0 fully saturated rings. The number of para-hydroxylation sites is 2. The van der Waals surface area contributed by atoms with Crippen molar-refractivity contribution < 1.29 is 4.42 Å². The van der Waals surface area contributed by atoms with Gasteiger partial charge in [-0.1, -0.05) is 188 Å². The van der Waals surface area contributed by atoms with Crippen LogP contribution in [0.1, 0.15) is 0 Å². The molecular weight excluding hydrogens is 799 g/mol. The number of anilines is 3. The molecule has 2 heteroatoms. The number of furan rings is 1. The first-order chi connectivity index (χ1) is 32.7. The number of rotatable bonds is 9. The molecule has 12 rings (SSSR count). The molecule has 0 N–H and O–H groups in total. The fourth-order valence-corrected chi connectivity index (χ4v) is 9.57. The molecule has 0 spiro atoms. The maximum atomic E-state index is 6.17. The Balaban J connectivity index is 0.975. The van der Waals surface area contributed by atoms with E-state index in [4.69, 9.17) is 4.42 Å². The standard InChI is InChI=1S/C64H43NO/c1-3-15-44(16-4-1)52-40-53(45-17-5-2-6-18-45)42-54(41-52)47-31-36-56(37-32-47)65(55-34-29-46(30-35-55)49-33-38-64-61(43-49)60-25-10-12-28-63(60)66-64)62-27-11-9-24-59(62)51-22-13-21-50(39-51)58-26-14-20-48-19-7-8-23-57(48)58/h1-43H. The van der Waals surface area contributed by atoms with E-state index < -0.39 is 0 Å². The van der Waals surface area contributed by atoms with Crippen molar-refractivity contribution in [3.8, 4) is 66.8 Å². The first-order valence-corrected chi connectivity index (χ1v) is 22.6. The molecule has 0 saturated heterocycles. The summed E-state index contributed by atoms with van der Waals surface area (Å²) in [6.45, 7) is 0. The second-order valence-electron chi connectivity index (χ2n) is 16.9. The third-order valence-corrected chi connectivity index (χ3v) is 12.9. The zero-order valence-electron chi connectivity index (χ0n) is 36.2. The summed E-state index contributed by atoms with van der Waals surface area (Å²) >= 11 is 0. The molecule has 2 nitrogen and oxygen atoms in total. The summed E-state index contributed by atoms with van der Waals surface area (Å²) in [5.74, 6) is 0. The predicted molar refractivity (Wildman–Crippen MR) is 279 cm³/mol. The Morgan fingerprint density at radius 1 is 0.242 bits per heavy atom. The van der Waals surface area contributed by atoms with Gasteiger partial charge >= 0.3 is 0 Å². The minimum absolute atomic E-state index is 0.899. The molecule has 1 aromatic heterocycles. The zero-order valence-corrected chi connectivity index (χ0v) is 36.2. The van der Waals surface area contributed by atoms with Gasteiger partial charge in [0, 0.05) is 27.7 Å². The van der Waals surface area contributed by atoms with Crippen LogP contribution in [0.2, 0.25) is 0 Å². The van der Waals surface area contributed by atoms with Crippen molar-refractivity contribution in [3.05, 3.63) is 261 Å². The van der Waals surface area contributed by atoms with Crippen LogP contribution >= 0.6 is 0 Å². The Morgan fingerprint density at radius 3 is 1.36 bits per heavy atom. The Kier molecular flexibility index (Phi) is 9.89. The van der Waals surface area contributed by atoms with E-state index in [-0.39, 0.29) is 0 Å². The molecule has 12 aromatic rings. The molecule has 0 bridgehead atoms. The lowest BCUT2D eigenvalue weighted by molar-refractivity contribution is 0.669. The average Bonchev–Trinajstić information content (AvgIpc) is 3.78. The van der Waals surface area contributed by atoms with Crippen LogP contribution in [-0.2, 0) is 0 Å². The molecule has 66 heavy (non-hydrogen) atoms. The van der Waals surface area contributed by atoms with Gasteiger partial charge in [-0.2, -0.15) is 0 Å². The van der Waals surface area contributed by atoms with E-state index in [9.17, 15) is 0 Å². The number of hydrogen-bond acceptors (Lipinski definition) is 2. The molecule has 0 atom stereocenters. The lowest BCUT2D eigenvalue weighted by Gasteiger charge is -2.28. The van der Waals surface area contributed by atoms with Crippen molar-refractivity contribution in [2.24, 2.45) is 0 Å². The number of fused-ring (bicyclic) bond motifs is 4. The fraction of sp³-hybridized carbons (Fsp3) is 0. The van der Waals surface area contributed by atoms with E-state index >= 15 is 0 Å². The number of nitrogens with zero attached hydrogens (tertiary/aromatic N) is 1. The van der Waals surface area contributed by atoms with Crippen molar-refractivity contribution in [2.75, 3.05) is 4.90 Å². The predicted octanol–water partition coefficient (Wildman–Crippen LogP) is 18.2. The van der Waals surface area contributed by atoms with Crippen LogP contribution in [-0.4, -0.2) is 0 Å². The lowest BCUT2D eigenvalue weighted by atomic mass is 9.93. The topological polar surface area (TPSA) is 16.4 Å². The van der Waals surface area contributed by atoms with Crippen LogP contribution in [0.4, 0.5) is 17.1 Å².